The Labute approximate surface area is 142 Å². The Balaban J connectivity index is 2.01. The molecule has 2 aromatic carbocycles. The SMILES string of the molecule is Cc1ccc(CNC(=O)c2ccccc2NC(=O)CCCN)cc1. The minimum Gasteiger partial charge on any atom is -0.348 e. The van der Waals surface area contributed by atoms with Gasteiger partial charge >= 0.3 is 0 Å². The number of carbonyl (C=O) groups is 2. The van der Waals surface area contributed by atoms with Gasteiger partial charge in [0.1, 0.15) is 0 Å². The second-order valence-corrected chi connectivity index (χ2v) is 5.65. The van der Waals surface area contributed by atoms with Crippen molar-refractivity contribution in [3.8, 4) is 0 Å². The fourth-order valence-corrected chi connectivity index (χ4v) is 2.25. The first-order valence-corrected chi connectivity index (χ1v) is 8.03. The summed E-state index contributed by atoms with van der Waals surface area (Å²) < 4.78 is 0. The van der Waals surface area contributed by atoms with Gasteiger partial charge < -0.3 is 16.4 Å². The lowest BCUT2D eigenvalue weighted by molar-refractivity contribution is -0.116. The molecule has 0 saturated carbocycles. The lowest BCUT2D eigenvalue weighted by Gasteiger charge is -2.11. The molecule has 0 atom stereocenters. The van der Waals surface area contributed by atoms with Gasteiger partial charge in [-0.1, -0.05) is 42.0 Å². The van der Waals surface area contributed by atoms with Gasteiger partial charge in [-0.2, -0.15) is 0 Å². The summed E-state index contributed by atoms with van der Waals surface area (Å²) in [7, 11) is 0. The molecule has 0 aromatic heterocycles. The van der Waals surface area contributed by atoms with E-state index in [4.69, 9.17) is 5.73 Å². The third-order valence-electron chi connectivity index (χ3n) is 3.63. The number of aryl methyl sites for hydroxylation is 1. The fourth-order valence-electron chi connectivity index (χ4n) is 2.25. The number of nitrogens with one attached hydrogen (secondary N) is 2. The lowest BCUT2D eigenvalue weighted by atomic mass is 10.1. The van der Waals surface area contributed by atoms with Crippen molar-refractivity contribution < 1.29 is 9.59 Å². The van der Waals surface area contributed by atoms with Crippen LogP contribution in [0.5, 0.6) is 0 Å². The van der Waals surface area contributed by atoms with Crippen molar-refractivity contribution >= 4 is 17.5 Å². The maximum Gasteiger partial charge on any atom is 0.253 e. The van der Waals surface area contributed by atoms with Gasteiger partial charge in [-0.3, -0.25) is 9.59 Å². The van der Waals surface area contributed by atoms with Crippen LogP contribution >= 0.6 is 0 Å². The van der Waals surface area contributed by atoms with Crippen LogP contribution in [0, 0.1) is 6.92 Å². The predicted octanol–water partition coefficient (Wildman–Crippen LogP) is 2.60. The van der Waals surface area contributed by atoms with E-state index in [9.17, 15) is 9.59 Å². The fraction of sp³-hybridized carbons (Fsp3) is 0.263. The molecule has 0 radical (unpaired) electrons. The van der Waals surface area contributed by atoms with E-state index in [1.54, 1.807) is 24.3 Å². The van der Waals surface area contributed by atoms with Gasteiger partial charge in [0.25, 0.3) is 5.91 Å². The summed E-state index contributed by atoms with van der Waals surface area (Å²) in [5.74, 6) is -0.357. The van der Waals surface area contributed by atoms with Crippen LogP contribution in [-0.2, 0) is 11.3 Å². The molecule has 0 spiro atoms. The minimum atomic E-state index is -0.217. The molecule has 2 rings (SSSR count). The van der Waals surface area contributed by atoms with Gasteiger partial charge in [0, 0.05) is 13.0 Å². The van der Waals surface area contributed by atoms with Crippen molar-refractivity contribution in [2.75, 3.05) is 11.9 Å². The van der Waals surface area contributed by atoms with Crippen molar-refractivity contribution in [1.29, 1.82) is 0 Å². The minimum absolute atomic E-state index is 0.140. The highest BCUT2D eigenvalue weighted by Crippen LogP contribution is 2.16. The summed E-state index contributed by atoms with van der Waals surface area (Å²) in [5.41, 5.74) is 8.58. The normalized spacial score (nSPS) is 10.2. The molecule has 0 heterocycles. The van der Waals surface area contributed by atoms with Gasteiger partial charge in [-0.15, -0.1) is 0 Å². The molecule has 2 amide bonds. The maximum absolute atomic E-state index is 12.4. The molecule has 5 heteroatoms. The molecule has 0 aliphatic heterocycles. The highest BCUT2D eigenvalue weighted by atomic mass is 16.2. The third kappa shape index (κ3) is 5.21. The van der Waals surface area contributed by atoms with Crippen molar-refractivity contribution in [3.63, 3.8) is 0 Å². The summed E-state index contributed by atoms with van der Waals surface area (Å²) in [6.45, 7) is 2.92. The first-order valence-electron chi connectivity index (χ1n) is 8.03. The highest BCUT2D eigenvalue weighted by Gasteiger charge is 2.12. The van der Waals surface area contributed by atoms with Crippen LogP contribution in [0.3, 0.4) is 0 Å². The largest absolute Gasteiger partial charge is 0.348 e. The van der Waals surface area contributed by atoms with Crippen LogP contribution in [-0.4, -0.2) is 18.4 Å². The molecule has 2 aromatic rings. The summed E-state index contributed by atoms with van der Waals surface area (Å²) >= 11 is 0. The van der Waals surface area contributed by atoms with Gasteiger partial charge in [0.05, 0.1) is 11.3 Å². The van der Waals surface area contributed by atoms with E-state index in [-0.39, 0.29) is 11.8 Å². The van der Waals surface area contributed by atoms with E-state index in [1.807, 2.05) is 31.2 Å². The van der Waals surface area contributed by atoms with Gasteiger partial charge in [-0.25, -0.2) is 0 Å². The second-order valence-electron chi connectivity index (χ2n) is 5.65. The number of hydrogen-bond acceptors (Lipinski definition) is 3. The molecule has 0 unspecified atom stereocenters. The zero-order chi connectivity index (χ0) is 17.4. The molecule has 0 bridgehead atoms. The highest BCUT2D eigenvalue weighted by molar-refractivity contribution is 6.03. The third-order valence-corrected chi connectivity index (χ3v) is 3.63. The van der Waals surface area contributed by atoms with Crippen molar-refractivity contribution in [2.45, 2.75) is 26.3 Å². The number of para-hydroxylation sites is 1. The molecule has 0 saturated heterocycles. The molecule has 4 N–H and O–H groups in total. The molecule has 126 valence electrons. The van der Waals surface area contributed by atoms with Crippen LogP contribution in [0.4, 0.5) is 5.69 Å². The number of amides is 2. The number of rotatable bonds is 7. The lowest BCUT2D eigenvalue weighted by Crippen LogP contribution is -2.25. The summed E-state index contributed by atoms with van der Waals surface area (Å²) in [5, 5.41) is 5.66. The number of anilines is 1. The van der Waals surface area contributed by atoms with Crippen LogP contribution < -0.4 is 16.4 Å². The van der Waals surface area contributed by atoms with Crippen molar-refractivity contribution in [1.82, 2.24) is 5.32 Å². The maximum atomic E-state index is 12.4. The van der Waals surface area contributed by atoms with E-state index >= 15 is 0 Å². The Morgan fingerprint density at radius 3 is 2.46 bits per heavy atom. The Hall–Kier alpha value is -2.66. The molecule has 5 nitrogen and oxygen atoms in total. The molecule has 0 aliphatic carbocycles. The Bertz CT molecular complexity index is 696. The molecule has 24 heavy (non-hydrogen) atoms. The Kier molecular flexibility index (Phi) is 6.51. The van der Waals surface area contributed by atoms with Crippen LogP contribution in [0.25, 0.3) is 0 Å². The van der Waals surface area contributed by atoms with E-state index in [0.29, 0.717) is 37.2 Å². The van der Waals surface area contributed by atoms with E-state index in [0.717, 1.165) is 5.56 Å². The first-order chi connectivity index (χ1) is 11.6. The average molecular weight is 325 g/mol. The Morgan fingerprint density at radius 1 is 1.04 bits per heavy atom. The van der Waals surface area contributed by atoms with E-state index < -0.39 is 0 Å². The summed E-state index contributed by atoms with van der Waals surface area (Å²) in [6, 6.07) is 15.0. The number of nitrogens with two attached hydrogens (primary N) is 1. The zero-order valence-electron chi connectivity index (χ0n) is 13.8. The first kappa shape index (κ1) is 17.7. The number of carbonyl (C=O) groups excluding carboxylic acids is 2. The topological polar surface area (TPSA) is 84.2 Å². The summed E-state index contributed by atoms with van der Waals surface area (Å²) in [4.78, 5) is 24.3. The van der Waals surface area contributed by atoms with Crippen LogP contribution in [0.1, 0.15) is 34.3 Å². The van der Waals surface area contributed by atoms with Gasteiger partial charge in [0.2, 0.25) is 5.91 Å². The smallest absolute Gasteiger partial charge is 0.253 e. The quantitative estimate of drug-likeness (QED) is 0.731. The van der Waals surface area contributed by atoms with Crippen LogP contribution in [0.2, 0.25) is 0 Å². The predicted molar refractivity (Wildman–Crippen MR) is 95.7 cm³/mol. The Morgan fingerprint density at radius 2 is 1.75 bits per heavy atom. The van der Waals surface area contributed by atoms with E-state index in [1.165, 1.54) is 5.56 Å². The van der Waals surface area contributed by atoms with Crippen molar-refractivity contribution in [2.24, 2.45) is 5.73 Å². The molecule has 0 aliphatic rings. The van der Waals surface area contributed by atoms with Crippen molar-refractivity contribution in [3.05, 3.63) is 65.2 Å². The monoisotopic (exact) mass is 325 g/mol. The number of benzene rings is 2. The zero-order valence-corrected chi connectivity index (χ0v) is 13.8. The van der Waals surface area contributed by atoms with Gasteiger partial charge in [-0.05, 0) is 37.6 Å². The number of hydrogen-bond donors (Lipinski definition) is 3. The second kappa shape index (κ2) is 8.84. The molecule has 0 fully saturated rings. The standard InChI is InChI=1S/C19H23N3O2/c1-14-8-10-15(11-9-14)13-21-19(24)16-5-2-3-6-17(16)22-18(23)7-4-12-20/h2-3,5-6,8-11H,4,7,12-13,20H2,1H3,(H,21,24)(H,22,23). The van der Waals surface area contributed by atoms with Gasteiger partial charge in [0.15, 0.2) is 0 Å². The van der Waals surface area contributed by atoms with Crippen LogP contribution in [0.15, 0.2) is 48.5 Å². The average Bonchev–Trinajstić information content (AvgIpc) is 2.59. The van der Waals surface area contributed by atoms with E-state index in [2.05, 4.69) is 10.6 Å². The molecular formula is C19H23N3O2. The molecular weight excluding hydrogens is 302 g/mol. The summed E-state index contributed by atoms with van der Waals surface area (Å²) in [6.07, 6.45) is 0.962.